The quantitative estimate of drug-likeness (QED) is 0.457. The lowest BCUT2D eigenvalue weighted by Crippen LogP contribution is -2.45. The van der Waals surface area contributed by atoms with Crippen LogP contribution in [0, 0.1) is 0 Å². The molecule has 5 nitrogen and oxygen atoms in total. The molecule has 2 rings (SSSR count). The minimum Gasteiger partial charge on any atom is -0.430 e. The summed E-state index contributed by atoms with van der Waals surface area (Å²) in [6, 6.07) is 7.29. The second kappa shape index (κ2) is 7.50. The van der Waals surface area contributed by atoms with E-state index in [9.17, 15) is 31.1 Å². The van der Waals surface area contributed by atoms with Crippen LogP contribution in [-0.4, -0.2) is 35.6 Å². The predicted molar refractivity (Wildman–Crippen MR) is 78.8 cm³/mol. The number of nitrogens with one attached hydrogen (secondary N) is 2. The van der Waals surface area contributed by atoms with Crippen LogP contribution in [0.2, 0.25) is 0 Å². The molecule has 0 aliphatic carbocycles. The molecule has 0 bridgehead atoms. The lowest BCUT2D eigenvalue weighted by molar-refractivity contribution is -0.304. The number of benzene rings is 1. The van der Waals surface area contributed by atoms with E-state index in [0.717, 1.165) is 18.3 Å². The second-order valence-electron chi connectivity index (χ2n) is 4.92. The van der Waals surface area contributed by atoms with Gasteiger partial charge in [0.25, 0.3) is 12.1 Å². The fourth-order valence-corrected chi connectivity index (χ4v) is 1.72. The Hall–Kier alpha value is -2.98. The summed E-state index contributed by atoms with van der Waals surface area (Å²) in [5.41, 5.74) is 2.77. The molecule has 0 unspecified atom stereocenters. The number of H-pyrrole nitrogens is 1. The highest BCUT2D eigenvalue weighted by atomic mass is 19.4. The van der Waals surface area contributed by atoms with Crippen LogP contribution in [-0.2, 0) is 0 Å². The molecule has 0 saturated carbocycles. The summed E-state index contributed by atoms with van der Waals surface area (Å²) >= 11 is 0. The minimum absolute atomic E-state index is 0.263. The van der Waals surface area contributed by atoms with E-state index in [-0.39, 0.29) is 5.69 Å². The number of carbonyl (C=O) groups excluding carboxylic acids is 1. The van der Waals surface area contributed by atoms with E-state index in [1.165, 1.54) is 24.4 Å². The van der Waals surface area contributed by atoms with Crippen molar-refractivity contribution in [2.75, 3.05) is 0 Å². The number of rotatable bonds is 6. The first-order chi connectivity index (χ1) is 12.1. The second-order valence-corrected chi connectivity index (χ2v) is 4.92. The van der Waals surface area contributed by atoms with Gasteiger partial charge in [-0.2, -0.15) is 27.1 Å². The van der Waals surface area contributed by atoms with E-state index >= 15 is 0 Å². The fraction of sp³-hybridized carbons (Fsp3) is 0.200. The minimum atomic E-state index is -5.76. The zero-order valence-electron chi connectivity index (χ0n) is 12.7. The van der Waals surface area contributed by atoms with E-state index in [1.807, 2.05) is 0 Å². The number of hydrazone groups is 1. The van der Waals surface area contributed by atoms with Gasteiger partial charge in [-0.3, -0.25) is 4.79 Å². The molecule has 1 heterocycles. The molecular weight excluding hydrogens is 368 g/mol. The maximum absolute atomic E-state index is 13.1. The van der Waals surface area contributed by atoms with Crippen LogP contribution in [0.15, 0.2) is 47.7 Å². The lowest BCUT2D eigenvalue weighted by atomic mass is 10.2. The van der Waals surface area contributed by atoms with Crippen molar-refractivity contribution < 1.29 is 35.9 Å². The van der Waals surface area contributed by atoms with E-state index in [4.69, 9.17) is 0 Å². The number of alkyl halides is 6. The highest BCUT2D eigenvalue weighted by Gasteiger charge is 2.59. The number of halogens is 6. The molecule has 11 heteroatoms. The molecule has 2 N–H and O–H groups in total. The molecule has 0 aliphatic rings. The Bertz CT molecular complexity index is 757. The Morgan fingerprint density at radius 3 is 2.35 bits per heavy atom. The van der Waals surface area contributed by atoms with Crippen LogP contribution >= 0.6 is 0 Å². The summed E-state index contributed by atoms with van der Waals surface area (Å²) in [7, 11) is 0. The van der Waals surface area contributed by atoms with Gasteiger partial charge in [-0.1, -0.05) is 0 Å². The molecule has 0 radical (unpaired) electrons. The number of amides is 1. The molecule has 1 aromatic heterocycles. The topological polar surface area (TPSA) is 66.5 Å². The molecule has 2 aromatic rings. The SMILES string of the molecule is O=C(N/N=C\c1ccc(OC(F)(F)[C@@H](F)C(F)(F)F)cc1)c1ccc[nH]1. The third kappa shape index (κ3) is 5.01. The standard InChI is InChI=1S/C15H11F6N3O2/c16-13(14(17,18)19)15(20,21)26-10-5-3-9(4-6-10)8-23-24-12(25)11-2-1-7-22-11/h1-8,13,22H,(H,24,25)/b23-8-/t13-/m0/s1. The molecular formula is C15H11F6N3O2. The number of ether oxygens (including phenoxy) is 1. The maximum atomic E-state index is 13.1. The van der Waals surface area contributed by atoms with Gasteiger partial charge in [0.2, 0.25) is 0 Å². The average Bonchev–Trinajstić information content (AvgIpc) is 3.09. The third-order valence-corrected chi connectivity index (χ3v) is 2.94. The first-order valence-electron chi connectivity index (χ1n) is 6.94. The van der Waals surface area contributed by atoms with Gasteiger partial charge in [-0.05, 0) is 42.0 Å². The summed E-state index contributed by atoms with van der Waals surface area (Å²) in [4.78, 5) is 14.2. The largest absolute Gasteiger partial charge is 0.439 e. The Labute approximate surface area is 142 Å². The van der Waals surface area contributed by atoms with Gasteiger partial charge in [-0.25, -0.2) is 9.82 Å². The van der Waals surface area contributed by atoms with E-state index in [1.54, 1.807) is 6.07 Å². The highest BCUT2D eigenvalue weighted by Crippen LogP contribution is 2.36. The van der Waals surface area contributed by atoms with Crippen molar-refractivity contribution in [3.63, 3.8) is 0 Å². The number of hydrogen-bond donors (Lipinski definition) is 2. The Kier molecular flexibility index (Phi) is 5.58. The van der Waals surface area contributed by atoms with Gasteiger partial charge < -0.3 is 9.72 Å². The maximum Gasteiger partial charge on any atom is 0.439 e. The summed E-state index contributed by atoms with van der Waals surface area (Å²) in [6.45, 7) is 0. The molecule has 0 aliphatic heterocycles. The summed E-state index contributed by atoms with van der Waals surface area (Å²) in [5.74, 6) is -1.19. The van der Waals surface area contributed by atoms with Gasteiger partial charge in [0.1, 0.15) is 11.4 Å². The fourth-order valence-electron chi connectivity index (χ4n) is 1.72. The molecule has 0 saturated heterocycles. The van der Waals surface area contributed by atoms with Crippen LogP contribution in [0.1, 0.15) is 16.1 Å². The van der Waals surface area contributed by atoms with Crippen molar-refractivity contribution >= 4 is 12.1 Å². The molecule has 1 atom stereocenters. The van der Waals surface area contributed by atoms with Crippen molar-refractivity contribution in [1.29, 1.82) is 0 Å². The Balaban J connectivity index is 1.95. The van der Waals surface area contributed by atoms with E-state index < -0.39 is 30.1 Å². The lowest BCUT2D eigenvalue weighted by Gasteiger charge is -2.23. The van der Waals surface area contributed by atoms with Crippen molar-refractivity contribution in [2.24, 2.45) is 5.10 Å². The zero-order chi connectivity index (χ0) is 19.4. The summed E-state index contributed by atoms with van der Waals surface area (Å²) < 4.78 is 78.9. The van der Waals surface area contributed by atoms with Crippen LogP contribution in [0.3, 0.4) is 0 Å². The average molecular weight is 379 g/mol. The van der Waals surface area contributed by atoms with Gasteiger partial charge in [0, 0.05) is 6.20 Å². The van der Waals surface area contributed by atoms with Gasteiger partial charge >= 0.3 is 12.3 Å². The van der Waals surface area contributed by atoms with Gasteiger partial charge in [0.05, 0.1) is 6.21 Å². The monoisotopic (exact) mass is 379 g/mol. The van der Waals surface area contributed by atoms with Crippen LogP contribution in [0.5, 0.6) is 5.75 Å². The van der Waals surface area contributed by atoms with Gasteiger partial charge in [0.15, 0.2) is 0 Å². The molecule has 0 spiro atoms. The third-order valence-electron chi connectivity index (χ3n) is 2.94. The number of aromatic nitrogens is 1. The number of aromatic amines is 1. The zero-order valence-corrected chi connectivity index (χ0v) is 12.7. The first kappa shape index (κ1) is 19.3. The Morgan fingerprint density at radius 2 is 1.81 bits per heavy atom. The van der Waals surface area contributed by atoms with Crippen molar-refractivity contribution in [2.45, 2.75) is 18.5 Å². The molecule has 1 amide bonds. The van der Waals surface area contributed by atoms with Crippen molar-refractivity contribution in [3.05, 3.63) is 53.9 Å². The van der Waals surface area contributed by atoms with Crippen molar-refractivity contribution in [1.82, 2.24) is 10.4 Å². The van der Waals surface area contributed by atoms with E-state index in [2.05, 4.69) is 20.2 Å². The summed E-state index contributed by atoms with van der Waals surface area (Å²) in [6.07, 6.45) is -12.6. The number of nitrogens with zero attached hydrogens (tertiary/aromatic N) is 1. The molecule has 1 aromatic carbocycles. The first-order valence-corrected chi connectivity index (χ1v) is 6.94. The normalized spacial score (nSPS) is 13.6. The number of carbonyl (C=O) groups is 1. The molecule has 26 heavy (non-hydrogen) atoms. The van der Waals surface area contributed by atoms with Crippen LogP contribution < -0.4 is 10.2 Å². The smallest absolute Gasteiger partial charge is 0.430 e. The van der Waals surface area contributed by atoms with Gasteiger partial charge in [-0.15, -0.1) is 0 Å². The van der Waals surface area contributed by atoms with Crippen LogP contribution in [0.4, 0.5) is 26.3 Å². The van der Waals surface area contributed by atoms with Crippen molar-refractivity contribution in [3.8, 4) is 5.75 Å². The molecule has 0 fully saturated rings. The summed E-state index contributed by atoms with van der Waals surface area (Å²) in [5, 5.41) is 3.62. The Morgan fingerprint density at radius 1 is 1.15 bits per heavy atom. The van der Waals surface area contributed by atoms with E-state index in [0.29, 0.717) is 5.56 Å². The highest BCUT2D eigenvalue weighted by molar-refractivity contribution is 5.93. The van der Waals surface area contributed by atoms with Crippen LogP contribution in [0.25, 0.3) is 0 Å². The number of hydrogen-bond acceptors (Lipinski definition) is 3. The molecule has 140 valence electrons. The predicted octanol–water partition coefficient (Wildman–Crippen LogP) is 3.65.